The second-order valence-electron chi connectivity index (χ2n) is 3.93. The molecule has 1 aromatic carbocycles. The van der Waals surface area contributed by atoms with E-state index in [9.17, 15) is 4.79 Å². The summed E-state index contributed by atoms with van der Waals surface area (Å²) in [7, 11) is 2.00. The van der Waals surface area contributed by atoms with Crippen LogP contribution in [-0.2, 0) is 9.63 Å². The van der Waals surface area contributed by atoms with Gasteiger partial charge in [0.15, 0.2) is 5.71 Å². The van der Waals surface area contributed by atoms with Gasteiger partial charge in [-0.2, -0.15) is 0 Å². The minimum Gasteiger partial charge on any atom is -0.477 e. The van der Waals surface area contributed by atoms with Gasteiger partial charge in [0.2, 0.25) is 0 Å². The molecule has 0 atom stereocenters. The molecule has 5 nitrogen and oxygen atoms in total. The second-order valence-corrected chi connectivity index (χ2v) is 3.93. The van der Waals surface area contributed by atoms with Gasteiger partial charge in [0, 0.05) is 25.7 Å². The van der Waals surface area contributed by atoms with Crippen molar-refractivity contribution in [3.8, 4) is 0 Å². The number of carbonyl (C=O) groups is 1. The first-order chi connectivity index (χ1) is 8.61. The van der Waals surface area contributed by atoms with E-state index in [0.29, 0.717) is 6.61 Å². The van der Waals surface area contributed by atoms with Gasteiger partial charge in [-0.3, -0.25) is 0 Å². The van der Waals surface area contributed by atoms with E-state index in [1.807, 2.05) is 37.4 Å². The molecule has 0 heterocycles. The molecule has 1 rings (SSSR count). The number of oxime groups is 1. The summed E-state index contributed by atoms with van der Waals surface area (Å²) in [6.07, 6.45) is 0.780. The smallest absolute Gasteiger partial charge is 0.353 e. The molecule has 0 aliphatic rings. The van der Waals surface area contributed by atoms with Crippen LogP contribution in [0.5, 0.6) is 0 Å². The highest BCUT2D eigenvalue weighted by Gasteiger charge is 2.02. The zero-order chi connectivity index (χ0) is 13.4. The Hall–Kier alpha value is -2.04. The molecular weight excluding hydrogens is 232 g/mol. The fourth-order valence-electron chi connectivity index (χ4n) is 1.36. The molecule has 0 spiro atoms. The Morgan fingerprint density at radius 3 is 2.67 bits per heavy atom. The number of hydrogen-bond acceptors (Lipinski definition) is 4. The van der Waals surface area contributed by atoms with Crippen LogP contribution in [0.3, 0.4) is 0 Å². The van der Waals surface area contributed by atoms with Crippen LogP contribution in [0.2, 0.25) is 0 Å². The average molecular weight is 250 g/mol. The molecule has 1 aromatic rings. The highest BCUT2D eigenvalue weighted by Crippen LogP contribution is 2.10. The van der Waals surface area contributed by atoms with E-state index in [4.69, 9.17) is 9.94 Å². The van der Waals surface area contributed by atoms with E-state index in [-0.39, 0.29) is 5.71 Å². The molecule has 0 aliphatic heterocycles. The van der Waals surface area contributed by atoms with Crippen LogP contribution in [0, 0.1) is 0 Å². The highest BCUT2D eigenvalue weighted by molar-refractivity contribution is 6.34. The van der Waals surface area contributed by atoms with Gasteiger partial charge in [-0.15, -0.1) is 0 Å². The van der Waals surface area contributed by atoms with Gasteiger partial charge in [-0.05, 0) is 19.1 Å². The molecule has 0 aromatic heterocycles. The van der Waals surface area contributed by atoms with Gasteiger partial charge >= 0.3 is 5.97 Å². The Kier molecular flexibility index (Phi) is 5.70. The lowest BCUT2D eigenvalue weighted by Crippen LogP contribution is -2.19. The van der Waals surface area contributed by atoms with Crippen LogP contribution in [0.4, 0.5) is 5.69 Å². The van der Waals surface area contributed by atoms with Crippen LogP contribution in [-0.4, -0.2) is 37.0 Å². The molecule has 0 unspecified atom stereocenters. The molecule has 0 fully saturated rings. The summed E-state index contributed by atoms with van der Waals surface area (Å²) in [5, 5.41) is 12.0. The number of nitrogens with zero attached hydrogens (tertiary/aromatic N) is 2. The van der Waals surface area contributed by atoms with Gasteiger partial charge in [-0.25, -0.2) is 4.79 Å². The normalized spacial score (nSPS) is 11.1. The van der Waals surface area contributed by atoms with Gasteiger partial charge < -0.3 is 14.8 Å². The summed E-state index contributed by atoms with van der Waals surface area (Å²) >= 11 is 0. The van der Waals surface area contributed by atoms with Gasteiger partial charge in [-0.1, -0.05) is 23.4 Å². The van der Waals surface area contributed by atoms with E-state index in [1.54, 1.807) is 0 Å². The Balaban J connectivity index is 2.23. The van der Waals surface area contributed by atoms with Gasteiger partial charge in [0.1, 0.15) is 6.61 Å². The van der Waals surface area contributed by atoms with Crippen molar-refractivity contribution in [3.05, 3.63) is 30.3 Å². The summed E-state index contributed by atoms with van der Waals surface area (Å²) in [5.41, 5.74) is 1.11. The molecule has 0 bridgehead atoms. The molecule has 0 saturated heterocycles. The number of benzene rings is 1. The maximum Gasteiger partial charge on any atom is 0.353 e. The zero-order valence-corrected chi connectivity index (χ0v) is 10.7. The lowest BCUT2D eigenvalue weighted by molar-refractivity contribution is -0.129. The summed E-state index contributed by atoms with van der Waals surface area (Å²) in [5.74, 6) is -1.06. The van der Waals surface area contributed by atoms with Crippen molar-refractivity contribution in [2.75, 3.05) is 25.1 Å². The number of para-hydroxylation sites is 1. The number of hydrogen-bond donors (Lipinski definition) is 1. The fraction of sp³-hybridized carbons (Fsp3) is 0.385. The number of anilines is 1. The molecule has 98 valence electrons. The minimum absolute atomic E-state index is 0.0357. The van der Waals surface area contributed by atoms with Crippen molar-refractivity contribution >= 4 is 17.4 Å². The van der Waals surface area contributed by atoms with Crippen LogP contribution in [0.1, 0.15) is 13.3 Å². The monoisotopic (exact) mass is 250 g/mol. The third kappa shape index (κ3) is 4.86. The number of aliphatic carboxylic acids is 1. The third-order valence-electron chi connectivity index (χ3n) is 2.44. The topological polar surface area (TPSA) is 62.1 Å². The standard InChI is InChI=1S/C13H18N2O3/c1-11(13(16)17)14-18-10-6-9-15(2)12-7-4-3-5-8-12/h3-5,7-8H,6,9-10H2,1-2H3,(H,16,17). The van der Waals surface area contributed by atoms with Gasteiger partial charge in [0.25, 0.3) is 0 Å². The lowest BCUT2D eigenvalue weighted by Gasteiger charge is -2.18. The van der Waals surface area contributed by atoms with E-state index in [2.05, 4.69) is 10.1 Å². The fourth-order valence-corrected chi connectivity index (χ4v) is 1.36. The summed E-state index contributed by atoms with van der Waals surface area (Å²) in [4.78, 5) is 17.5. The molecule has 18 heavy (non-hydrogen) atoms. The summed E-state index contributed by atoms with van der Waals surface area (Å²) in [6, 6.07) is 10.0. The van der Waals surface area contributed by atoms with Crippen molar-refractivity contribution < 1.29 is 14.7 Å². The Labute approximate surface area is 107 Å². The quantitative estimate of drug-likeness (QED) is 0.456. The highest BCUT2D eigenvalue weighted by atomic mass is 16.6. The van der Waals surface area contributed by atoms with Crippen molar-refractivity contribution in [1.82, 2.24) is 0 Å². The molecule has 0 amide bonds. The maximum atomic E-state index is 10.4. The van der Waals surface area contributed by atoms with E-state index >= 15 is 0 Å². The zero-order valence-electron chi connectivity index (χ0n) is 10.7. The van der Waals surface area contributed by atoms with Crippen LogP contribution in [0.15, 0.2) is 35.5 Å². The maximum absolute atomic E-state index is 10.4. The molecule has 5 heteroatoms. The largest absolute Gasteiger partial charge is 0.477 e. The van der Waals surface area contributed by atoms with Crippen molar-refractivity contribution in [2.24, 2.45) is 5.16 Å². The first-order valence-electron chi connectivity index (χ1n) is 5.77. The Bertz CT molecular complexity index is 404. The Morgan fingerprint density at radius 1 is 1.39 bits per heavy atom. The first-order valence-corrected chi connectivity index (χ1v) is 5.77. The number of rotatable bonds is 7. The summed E-state index contributed by atoms with van der Waals surface area (Å²) < 4.78 is 0. The van der Waals surface area contributed by atoms with Gasteiger partial charge in [0.05, 0.1) is 0 Å². The predicted molar refractivity (Wildman–Crippen MR) is 71.0 cm³/mol. The number of carboxylic acids is 1. The summed E-state index contributed by atoms with van der Waals surface area (Å²) in [6.45, 7) is 2.63. The van der Waals surface area contributed by atoms with Crippen LogP contribution >= 0.6 is 0 Å². The lowest BCUT2D eigenvalue weighted by atomic mass is 10.3. The van der Waals surface area contributed by atoms with E-state index in [0.717, 1.165) is 18.7 Å². The second kappa shape index (κ2) is 7.32. The van der Waals surface area contributed by atoms with E-state index in [1.165, 1.54) is 6.92 Å². The van der Waals surface area contributed by atoms with Crippen molar-refractivity contribution in [1.29, 1.82) is 0 Å². The Morgan fingerprint density at radius 2 is 2.06 bits per heavy atom. The average Bonchev–Trinajstić information content (AvgIpc) is 2.38. The van der Waals surface area contributed by atoms with E-state index < -0.39 is 5.97 Å². The van der Waals surface area contributed by atoms with Crippen LogP contribution < -0.4 is 4.90 Å². The molecule has 0 saturated carbocycles. The SMILES string of the molecule is CC(=NOCCCN(C)c1ccccc1)C(=O)O. The number of carboxylic acid groups (broad SMARTS) is 1. The molecule has 1 N–H and O–H groups in total. The predicted octanol–water partition coefficient (Wildman–Crippen LogP) is 1.99. The molecular formula is C13H18N2O3. The van der Waals surface area contributed by atoms with Crippen molar-refractivity contribution in [2.45, 2.75) is 13.3 Å². The molecule has 0 aliphatic carbocycles. The third-order valence-corrected chi connectivity index (χ3v) is 2.44. The first kappa shape index (κ1) is 14.0. The van der Waals surface area contributed by atoms with Crippen molar-refractivity contribution in [3.63, 3.8) is 0 Å². The minimum atomic E-state index is -1.06. The molecule has 0 radical (unpaired) electrons. The van der Waals surface area contributed by atoms with Crippen LogP contribution in [0.25, 0.3) is 0 Å².